The van der Waals surface area contributed by atoms with Crippen LogP contribution in [0.1, 0.15) is 17.2 Å². The Morgan fingerprint density at radius 2 is 2.00 bits per heavy atom. The summed E-state index contributed by atoms with van der Waals surface area (Å²) in [6.45, 7) is 0. The molecule has 1 aromatic carbocycles. The van der Waals surface area contributed by atoms with Crippen LogP contribution in [0, 0.1) is 0 Å². The second-order valence-electron chi connectivity index (χ2n) is 3.69. The fourth-order valence-corrected chi connectivity index (χ4v) is 2.10. The minimum Gasteiger partial charge on any atom is -0.496 e. The van der Waals surface area contributed by atoms with Crippen LogP contribution in [0.15, 0.2) is 36.7 Å². The number of aromatic nitrogens is 1. The first kappa shape index (κ1) is 13.1. The Kier molecular flexibility index (Phi) is 4.07. The molecule has 1 aromatic heterocycles. The Labute approximate surface area is 115 Å². The lowest BCUT2D eigenvalue weighted by Gasteiger charge is -2.16. The van der Waals surface area contributed by atoms with E-state index in [0.717, 1.165) is 0 Å². The molecule has 0 radical (unpaired) electrons. The van der Waals surface area contributed by atoms with Gasteiger partial charge >= 0.3 is 0 Å². The fourth-order valence-electron chi connectivity index (χ4n) is 1.69. The van der Waals surface area contributed by atoms with Crippen molar-refractivity contribution in [2.24, 2.45) is 0 Å². The van der Waals surface area contributed by atoms with E-state index in [1.54, 1.807) is 30.5 Å². The zero-order chi connectivity index (χ0) is 13.1. The lowest BCUT2D eigenvalue weighted by atomic mass is 10.0. The van der Waals surface area contributed by atoms with Gasteiger partial charge in [-0.2, -0.15) is 0 Å². The molecular weight excluding hydrogens is 273 g/mol. The van der Waals surface area contributed by atoms with Gasteiger partial charge in [0.05, 0.1) is 12.1 Å². The largest absolute Gasteiger partial charge is 0.496 e. The molecule has 0 saturated heterocycles. The number of aliphatic hydroxyl groups is 1. The average Bonchev–Trinajstić information content (AvgIpc) is 2.38. The smallest absolute Gasteiger partial charge is 0.125 e. The molecule has 0 aliphatic carbocycles. The van der Waals surface area contributed by atoms with Crippen molar-refractivity contribution >= 4 is 23.2 Å². The maximum atomic E-state index is 10.4. The topological polar surface area (TPSA) is 42.4 Å². The van der Waals surface area contributed by atoms with Crippen molar-refractivity contribution in [3.8, 4) is 5.75 Å². The van der Waals surface area contributed by atoms with E-state index in [9.17, 15) is 5.11 Å². The van der Waals surface area contributed by atoms with Gasteiger partial charge in [0.25, 0.3) is 0 Å². The molecule has 94 valence electrons. The van der Waals surface area contributed by atoms with Crippen molar-refractivity contribution in [1.82, 2.24) is 4.98 Å². The number of benzene rings is 1. The molecule has 0 aliphatic heterocycles. The van der Waals surface area contributed by atoms with Crippen LogP contribution in [0.3, 0.4) is 0 Å². The highest BCUT2D eigenvalue weighted by molar-refractivity contribution is 6.31. The van der Waals surface area contributed by atoms with Crippen LogP contribution < -0.4 is 4.74 Å². The van der Waals surface area contributed by atoms with Crippen LogP contribution >= 0.6 is 23.2 Å². The van der Waals surface area contributed by atoms with Gasteiger partial charge in [0.15, 0.2) is 0 Å². The zero-order valence-corrected chi connectivity index (χ0v) is 11.1. The van der Waals surface area contributed by atoms with E-state index in [1.807, 2.05) is 0 Å². The van der Waals surface area contributed by atoms with Gasteiger partial charge in [-0.05, 0) is 24.3 Å². The van der Waals surface area contributed by atoms with Crippen LogP contribution in [0.5, 0.6) is 5.75 Å². The second-order valence-corrected chi connectivity index (χ2v) is 4.53. The second kappa shape index (κ2) is 5.57. The quantitative estimate of drug-likeness (QED) is 0.938. The summed E-state index contributed by atoms with van der Waals surface area (Å²) in [5.41, 5.74) is 1.13. The van der Waals surface area contributed by atoms with Crippen molar-refractivity contribution in [1.29, 1.82) is 0 Å². The van der Waals surface area contributed by atoms with Gasteiger partial charge in [-0.3, -0.25) is 4.98 Å². The van der Waals surface area contributed by atoms with Gasteiger partial charge in [-0.25, -0.2) is 0 Å². The standard InChI is InChI=1S/C13H11Cl2NO2/c1-18-12-3-2-8(14)6-10(12)13(17)9-4-5-16-7-11(9)15/h2-7,13,17H,1H3. The molecule has 0 spiro atoms. The summed E-state index contributed by atoms with van der Waals surface area (Å²) in [6.07, 6.45) is 2.15. The molecule has 0 fully saturated rings. The van der Waals surface area contributed by atoms with Gasteiger partial charge in [-0.15, -0.1) is 0 Å². The van der Waals surface area contributed by atoms with E-state index < -0.39 is 6.10 Å². The molecule has 2 aromatic rings. The number of hydrogen-bond donors (Lipinski definition) is 1. The molecule has 3 nitrogen and oxygen atoms in total. The third kappa shape index (κ3) is 2.58. The first-order valence-corrected chi connectivity index (χ1v) is 6.00. The summed E-state index contributed by atoms with van der Waals surface area (Å²) in [7, 11) is 1.54. The fraction of sp³-hybridized carbons (Fsp3) is 0.154. The van der Waals surface area contributed by atoms with Crippen molar-refractivity contribution in [2.45, 2.75) is 6.10 Å². The van der Waals surface area contributed by atoms with E-state index in [0.29, 0.717) is 26.9 Å². The molecule has 0 aliphatic rings. The summed E-state index contributed by atoms with van der Waals surface area (Å²) < 4.78 is 5.21. The van der Waals surface area contributed by atoms with Gasteiger partial charge in [0.1, 0.15) is 11.9 Å². The Bertz CT molecular complexity index is 560. The molecule has 0 saturated carbocycles. The number of hydrogen-bond acceptors (Lipinski definition) is 3. The van der Waals surface area contributed by atoms with Crippen LogP contribution in [0.4, 0.5) is 0 Å². The number of nitrogens with zero attached hydrogens (tertiary/aromatic N) is 1. The monoisotopic (exact) mass is 283 g/mol. The van der Waals surface area contributed by atoms with E-state index in [4.69, 9.17) is 27.9 Å². The number of aliphatic hydroxyl groups excluding tert-OH is 1. The van der Waals surface area contributed by atoms with Gasteiger partial charge in [0, 0.05) is 28.5 Å². The van der Waals surface area contributed by atoms with Gasteiger partial charge in [-0.1, -0.05) is 23.2 Å². The number of ether oxygens (including phenoxy) is 1. The lowest BCUT2D eigenvalue weighted by molar-refractivity contribution is 0.214. The molecular formula is C13H11Cl2NO2. The van der Waals surface area contributed by atoms with E-state index >= 15 is 0 Å². The maximum absolute atomic E-state index is 10.4. The van der Waals surface area contributed by atoms with Gasteiger partial charge in [0.2, 0.25) is 0 Å². The number of halogens is 2. The number of rotatable bonds is 3. The summed E-state index contributed by atoms with van der Waals surface area (Å²) in [4.78, 5) is 3.88. The van der Waals surface area contributed by atoms with E-state index in [2.05, 4.69) is 4.98 Å². The number of pyridine rings is 1. The molecule has 18 heavy (non-hydrogen) atoms. The first-order valence-electron chi connectivity index (χ1n) is 5.24. The Morgan fingerprint density at radius 3 is 2.67 bits per heavy atom. The molecule has 2 rings (SSSR count). The van der Waals surface area contributed by atoms with Crippen LogP contribution in [0.2, 0.25) is 10.0 Å². The summed E-state index contributed by atoms with van der Waals surface area (Å²) in [5.74, 6) is 0.555. The van der Waals surface area contributed by atoms with Crippen molar-refractivity contribution in [3.05, 3.63) is 57.8 Å². The molecule has 1 heterocycles. The van der Waals surface area contributed by atoms with E-state index in [1.165, 1.54) is 13.3 Å². The minimum absolute atomic E-state index is 0.395. The highest BCUT2D eigenvalue weighted by atomic mass is 35.5. The normalized spacial score (nSPS) is 12.2. The Balaban J connectivity index is 2.48. The van der Waals surface area contributed by atoms with Crippen molar-refractivity contribution < 1.29 is 9.84 Å². The molecule has 5 heteroatoms. The molecule has 1 atom stereocenters. The first-order chi connectivity index (χ1) is 8.63. The summed E-state index contributed by atoms with van der Waals surface area (Å²) in [6, 6.07) is 6.72. The van der Waals surface area contributed by atoms with Crippen molar-refractivity contribution in [3.63, 3.8) is 0 Å². The summed E-state index contributed by atoms with van der Waals surface area (Å²) in [5, 5.41) is 11.3. The Morgan fingerprint density at radius 1 is 1.22 bits per heavy atom. The number of methoxy groups -OCH3 is 1. The lowest BCUT2D eigenvalue weighted by Crippen LogP contribution is -2.03. The highest BCUT2D eigenvalue weighted by Gasteiger charge is 2.18. The zero-order valence-electron chi connectivity index (χ0n) is 9.60. The Hall–Kier alpha value is -1.29. The molecule has 0 bridgehead atoms. The average molecular weight is 284 g/mol. The van der Waals surface area contributed by atoms with Crippen LogP contribution in [-0.2, 0) is 0 Å². The van der Waals surface area contributed by atoms with Crippen LogP contribution in [0.25, 0.3) is 0 Å². The SMILES string of the molecule is COc1ccc(Cl)cc1C(O)c1ccncc1Cl. The third-order valence-electron chi connectivity index (χ3n) is 2.58. The molecule has 1 N–H and O–H groups in total. The maximum Gasteiger partial charge on any atom is 0.125 e. The molecule has 1 unspecified atom stereocenters. The summed E-state index contributed by atoms with van der Waals surface area (Å²) >= 11 is 11.9. The predicted octanol–water partition coefficient (Wildman–Crippen LogP) is 3.48. The van der Waals surface area contributed by atoms with Gasteiger partial charge < -0.3 is 9.84 Å². The minimum atomic E-state index is -0.908. The van der Waals surface area contributed by atoms with Crippen LogP contribution in [-0.4, -0.2) is 17.2 Å². The highest BCUT2D eigenvalue weighted by Crippen LogP contribution is 2.34. The molecule has 0 amide bonds. The third-order valence-corrected chi connectivity index (χ3v) is 3.14. The van der Waals surface area contributed by atoms with E-state index in [-0.39, 0.29) is 0 Å². The van der Waals surface area contributed by atoms with Crippen molar-refractivity contribution in [2.75, 3.05) is 7.11 Å². The predicted molar refractivity (Wildman–Crippen MR) is 71.3 cm³/mol.